The molecule has 0 aromatic heterocycles. The lowest BCUT2D eigenvalue weighted by atomic mass is 9.69. The molecule has 1 rings (SSSR count). The molecule has 2 N–H and O–H groups in total. The van der Waals surface area contributed by atoms with Gasteiger partial charge in [0.25, 0.3) is 0 Å². The molecular formula is C17H36N2O2. The van der Waals surface area contributed by atoms with E-state index in [0.717, 1.165) is 38.7 Å². The zero-order valence-electron chi connectivity index (χ0n) is 14.7. The highest BCUT2D eigenvalue weighted by atomic mass is 16.5. The molecule has 1 saturated carbocycles. The summed E-state index contributed by atoms with van der Waals surface area (Å²) in [6.45, 7) is 10.7. The molecule has 0 amide bonds. The summed E-state index contributed by atoms with van der Waals surface area (Å²) >= 11 is 0. The van der Waals surface area contributed by atoms with E-state index in [9.17, 15) is 5.11 Å². The number of nitrogens with one attached hydrogen (secondary N) is 1. The van der Waals surface area contributed by atoms with E-state index in [1.165, 1.54) is 25.7 Å². The largest absolute Gasteiger partial charge is 0.389 e. The summed E-state index contributed by atoms with van der Waals surface area (Å²) in [5, 5.41) is 13.6. The van der Waals surface area contributed by atoms with Crippen molar-refractivity contribution in [1.82, 2.24) is 10.2 Å². The van der Waals surface area contributed by atoms with Crippen molar-refractivity contribution in [3.8, 4) is 0 Å². The van der Waals surface area contributed by atoms with Crippen LogP contribution in [0.5, 0.6) is 0 Å². The predicted octanol–water partition coefficient (Wildman–Crippen LogP) is 2.12. The van der Waals surface area contributed by atoms with Crippen LogP contribution in [0.3, 0.4) is 0 Å². The van der Waals surface area contributed by atoms with Gasteiger partial charge in [-0.05, 0) is 45.1 Å². The molecule has 1 aliphatic rings. The number of likely N-dealkylation sites (N-methyl/N-ethyl adjacent to an activating group) is 1. The third-order valence-corrected chi connectivity index (χ3v) is 4.43. The second kappa shape index (κ2) is 8.47. The molecule has 0 saturated heterocycles. The number of methoxy groups -OCH3 is 1. The summed E-state index contributed by atoms with van der Waals surface area (Å²) in [6.07, 6.45) is 5.25. The Morgan fingerprint density at radius 3 is 2.71 bits per heavy atom. The lowest BCUT2D eigenvalue weighted by Crippen LogP contribution is -2.48. The van der Waals surface area contributed by atoms with Gasteiger partial charge in [-0.15, -0.1) is 0 Å². The predicted molar refractivity (Wildman–Crippen MR) is 88.6 cm³/mol. The van der Waals surface area contributed by atoms with Crippen LogP contribution in [0.25, 0.3) is 0 Å². The van der Waals surface area contributed by atoms with Crippen molar-refractivity contribution >= 4 is 0 Å². The lowest BCUT2D eigenvalue weighted by Gasteiger charge is -2.43. The van der Waals surface area contributed by atoms with E-state index in [1.54, 1.807) is 7.11 Å². The molecule has 1 fully saturated rings. The molecule has 4 nitrogen and oxygen atoms in total. The molecule has 0 spiro atoms. The fourth-order valence-electron chi connectivity index (χ4n) is 3.95. The third kappa shape index (κ3) is 7.59. The van der Waals surface area contributed by atoms with Crippen LogP contribution in [-0.4, -0.2) is 62.6 Å². The minimum atomic E-state index is -0.625. The Morgan fingerprint density at radius 1 is 1.43 bits per heavy atom. The highest BCUT2D eigenvalue weighted by molar-refractivity contribution is 4.90. The number of ether oxygens (including phenoxy) is 1. The maximum Gasteiger partial charge on any atom is 0.0718 e. The SMILES string of the molecule is COCCNCC1(CN(C)CC(C)(C)O)CCCC(C)C1. The Bertz CT molecular complexity index is 291. The molecule has 0 aromatic rings. The Balaban J connectivity index is 2.58. The molecule has 21 heavy (non-hydrogen) atoms. The van der Waals surface area contributed by atoms with Gasteiger partial charge in [-0.2, -0.15) is 0 Å². The Labute approximate surface area is 131 Å². The summed E-state index contributed by atoms with van der Waals surface area (Å²) in [6, 6.07) is 0. The van der Waals surface area contributed by atoms with Gasteiger partial charge in [0.05, 0.1) is 12.2 Å². The van der Waals surface area contributed by atoms with Gasteiger partial charge in [-0.3, -0.25) is 0 Å². The standard InChI is InChI=1S/C17H36N2O2/c1-15-7-6-8-17(11-15,12-18-9-10-21-5)14-19(4)13-16(2,3)20/h15,18,20H,6-14H2,1-5H3. The van der Waals surface area contributed by atoms with E-state index in [1.807, 2.05) is 13.8 Å². The molecular weight excluding hydrogens is 264 g/mol. The van der Waals surface area contributed by atoms with Gasteiger partial charge in [0, 0.05) is 33.3 Å². The summed E-state index contributed by atoms with van der Waals surface area (Å²) in [5.74, 6) is 0.804. The van der Waals surface area contributed by atoms with Crippen molar-refractivity contribution in [1.29, 1.82) is 0 Å². The third-order valence-electron chi connectivity index (χ3n) is 4.43. The van der Waals surface area contributed by atoms with Crippen molar-refractivity contribution < 1.29 is 9.84 Å². The maximum atomic E-state index is 10.0. The summed E-state index contributed by atoms with van der Waals surface area (Å²) in [5.41, 5.74) is -0.287. The van der Waals surface area contributed by atoms with E-state index in [-0.39, 0.29) is 0 Å². The fraction of sp³-hybridized carbons (Fsp3) is 1.00. The van der Waals surface area contributed by atoms with Crippen LogP contribution >= 0.6 is 0 Å². The quantitative estimate of drug-likeness (QED) is 0.640. The highest BCUT2D eigenvalue weighted by Gasteiger charge is 2.36. The Hall–Kier alpha value is -0.160. The van der Waals surface area contributed by atoms with Crippen LogP contribution in [-0.2, 0) is 4.74 Å². The van der Waals surface area contributed by atoms with Crippen LogP contribution in [0.4, 0.5) is 0 Å². The summed E-state index contributed by atoms with van der Waals surface area (Å²) in [7, 11) is 3.88. The molecule has 0 bridgehead atoms. The molecule has 0 radical (unpaired) electrons. The molecule has 2 atom stereocenters. The first-order valence-corrected chi connectivity index (χ1v) is 8.37. The smallest absolute Gasteiger partial charge is 0.0718 e. The van der Waals surface area contributed by atoms with Crippen LogP contribution in [0, 0.1) is 11.3 Å². The van der Waals surface area contributed by atoms with E-state index in [2.05, 4.69) is 24.2 Å². The van der Waals surface area contributed by atoms with Gasteiger partial charge in [0.15, 0.2) is 0 Å². The number of hydrogen-bond acceptors (Lipinski definition) is 4. The van der Waals surface area contributed by atoms with Gasteiger partial charge >= 0.3 is 0 Å². The van der Waals surface area contributed by atoms with Gasteiger partial charge < -0.3 is 20.1 Å². The second-order valence-corrected chi connectivity index (χ2v) is 7.86. The minimum Gasteiger partial charge on any atom is -0.389 e. The first-order valence-electron chi connectivity index (χ1n) is 8.37. The van der Waals surface area contributed by atoms with Crippen molar-refractivity contribution in [2.24, 2.45) is 11.3 Å². The highest BCUT2D eigenvalue weighted by Crippen LogP contribution is 2.39. The lowest BCUT2D eigenvalue weighted by molar-refractivity contribution is 0.0179. The van der Waals surface area contributed by atoms with E-state index in [4.69, 9.17) is 4.74 Å². The topological polar surface area (TPSA) is 44.7 Å². The molecule has 0 aliphatic heterocycles. The Kier molecular flexibility index (Phi) is 7.62. The minimum absolute atomic E-state index is 0.339. The molecule has 0 aromatic carbocycles. The molecule has 0 heterocycles. The second-order valence-electron chi connectivity index (χ2n) is 7.86. The normalized spacial score (nSPS) is 27.3. The first kappa shape index (κ1) is 18.9. The molecule has 1 aliphatic carbocycles. The number of rotatable bonds is 9. The Morgan fingerprint density at radius 2 is 2.14 bits per heavy atom. The van der Waals surface area contributed by atoms with Crippen LogP contribution < -0.4 is 5.32 Å². The van der Waals surface area contributed by atoms with Crippen molar-refractivity contribution in [3.05, 3.63) is 0 Å². The van der Waals surface area contributed by atoms with Gasteiger partial charge in [0.1, 0.15) is 0 Å². The maximum absolute atomic E-state index is 10.0. The van der Waals surface area contributed by atoms with E-state index < -0.39 is 5.60 Å². The fourth-order valence-corrected chi connectivity index (χ4v) is 3.95. The van der Waals surface area contributed by atoms with Gasteiger partial charge in [0.2, 0.25) is 0 Å². The average molecular weight is 300 g/mol. The summed E-state index contributed by atoms with van der Waals surface area (Å²) < 4.78 is 5.13. The van der Waals surface area contributed by atoms with E-state index >= 15 is 0 Å². The van der Waals surface area contributed by atoms with Crippen molar-refractivity contribution in [2.45, 2.75) is 52.1 Å². The van der Waals surface area contributed by atoms with Crippen LogP contribution in [0.15, 0.2) is 0 Å². The monoisotopic (exact) mass is 300 g/mol. The van der Waals surface area contributed by atoms with Gasteiger partial charge in [-0.1, -0.05) is 19.8 Å². The van der Waals surface area contributed by atoms with Crippen LogP contribution in [0.1, 0.15) is 46.5 Å². The molecule has 126 valence electrons. The zero-order valence-corrected chi connectivity index (χ0v) is 14.7. The zero-order chi connectivity index (χ0) is 15.9. The van der Waals surface area contributed by atoms with E-state index in [0.29, 0.717) is 5.41 Å². The number of nitrogens with zero attached hydrogens (tertiary/aromatic N) is 1. The van der Waals surface area contributed by atoms with Gasteiger partial charge in [-0.25, -0.2) is 0 Å². The van der Waals surface area contributed by atoms with Crippen LogP contribution in [0.2, 0.25) is 0 Å². The number of aliphatic hydroxyl groups is 1. The first-order chi connectivity index (χ1) is 9.76. The van der Waals surface area contributed by atoms with Crippen molar-refractivity contribution in [2.75, 3.05) is 46.9 Å². The summed E-state index contributed by atoms with van der Waals surface area (Å²) in [4.78, 5) is 2.30. The average Bonchev–Trinajstić information content (AvgIpc) is 2.32. The molecule has 2 unspecified atom stereocenters. The number of hydrogen-bond donors (Lipinski definition) is 2. The van der Waals surface area contributed by atoms with Crippen molar-refractivity contribution in [3.63, 3.8) is 0 Å². The molecule has 4 heteroatoms.